The maximum Gasteiger partial charge on any atom is 0.274 e. The number of fused-ring (bicyclic) bond motifs is 1. The molecule has 0 bridgehead atoms. The van der Waals surface area contributed by atoms with Crippen molar-refractivity contribution in [3.8, 4) is 5.75 Å². The van der Waals surface area contributed by atoms with Crippen LogP contribution in [0.15, 0.2) is 64.0 Å². The van der Waals surface area contributed by atoms with Crippen molar-refractivity contribution in [2.24, 2.45) is 0 Å². The molecule has 3 aromatic rings. The van der Waals surface area contributed by atoms with Crippen molar-refractivity contribution in [1.29, 1.82) is 0 Å². The lowest BCUT2D eigenvalue weighted by molar-refractivity contribution is 0.0881. The van der Waals surface area contributed by atoms with Crippen molar-refractivity contribution in [3.05, 3.63) is 69.6 Å². The van der Waals surface area contributed by atoms with Gasteiger partial charge in [-0.25, -0.2) is 4.68 Å². The van der Waals surface area contributed by atoms with Gasteiger partial charge in [0.2, 0.25) is 0 Å². The number of nitrogens with zero attached hydrogens (tertiary/aromatic N) is 2. The molecule has 3 rings (SSSR count). The van der Waals surface area contributed by atoms with E-state index in [1.54, 1.807) is 30.5 Å². The highest BCUT2D eigenvalue weighted by Gasteiger charge is 2.10. The molecule has 0 saturated carbocycles. The first-order valence-electron chi connectivity index (χ1n) is 7.15. The summed E-state index contributed by atoms with van der Waals surface area (Å²) in [5, 5.41) is 15.5. The maximum atomic E-state index is 12.3. The van der Waals surface area contributed by atoms with Crippen molar-refractivity contribution in [1.82, 2.24) is 9.78 Å². The van der Waals surface area contributed by atoms with Crippen molar-refractivity contribution < 1.29 is 9.84 Å². The van der Waals surface area contributed by atoms with Crippen LogP contribution in [0.25, 0.3) is 10.8 Å². The molecule has 0 spiro atoms. The van der Waals surface area contributed by atoms with Crippen LogP contribution >= 0.6 is 15.9 Å². The average molecular weight is 375 g/mol. The normalized spacial score (nSPS) is 12.3. The molecule has 2 aromatic carbocycles. The first kappa shape index (κ1) is 15.7. The minimum Gasteiger partial charge on any atom is -0.491 e. The molecule has 1 aromatic heterocycles. The molecule has 23 heavy (non-hydrogen) atoms. The number of hydrogen-bond donors (Lipinski definition) is 1. The van der Waals surface area contributed by atoms with E-state index in [-0.39, 0.29) is 18.7 Å². The molecular formula is C17H15BrN2O3. The predicted octanol–water partition coefficient (Wildman–Crippen LogP) is 2.60. The van der Waals surface area contributed by atoms with E-state index in [9.17, 15) is 9.90 Å². The van der Waals surface area contributed by atoms with Gasteiger partial charge in [0, 0.05) is 9.86 Å². The molecule has 0 unspecified atom stereocenters. The van der Waals surface area contributed by atoms with Crippen LogP contribution in [0, 0.1) is 0 Å². The summed E-state index contributed by atoms with van der Waals surface area (Å²) in [5.41, 5.74) is -0.217. The SMILES string of the molecule is O=c1c2ccccc2cnn1C[C@H](O)COc1ccc(Br)cc1. The molecule has 0 aliphatic rings. The number of aromatic nitrogens is 2. The molecule has 0 saturated heterocycles. The van der Waals surface area contributed by atoms with Gasteiger partial charge in [-0.3, -0.25) is 4.79 Å². The van der Waals surface area contributed by atoms with E-state index in [0.717, 1.165) is 9.86 Å². The summed E-state index contributed by atoms with van der Waals surface area (Å²) in [7, 11) is 0. The Morgan fingerprint density at radius 2 is 1.91 bits per heavy atom. The molecule has 0 radical (unpaired) electrons. The number of aliphatic hydroxyl groups is 1. The highest BCUT2D eigenvalue weighted by Crippen LogP contribution is 2.16. The molecule has 118 valence electrons. The second-order valence-corrected chi connectivity index (χ2v) is 6.05. The van der Waals surface area contributed by atoms with Crippen LogP contribution in [0.5, 0.6) is 5.75 Å². The largest absolute Gasteiger partial charge is 0.491 e. The van der Waals surface area contributed by atoms with E-state index >= 15 is 0 Å². The number of hydrogen-bond acceptors (Lipinski definition) is 4. The minimum atomic E-state index is -0.829. The topological polar surface area (TPSA) is 64.4 Å². The fraction of sp³-hybridized carbons (Fsp3) is 0.176. The zero-order valence-electron chi connectivity index (χ0n) is 12.2. The monoisotopic (exact) mass is 374 g/mol. The summed E-state index contributed by atoms with van der Waals surface area (Å²) < 4.78 is 7.73. The Hall–Kier alpha value is -2.18. The van der Waals surface area contributed by atoms with Crippen LogP contribution in [0.1, 0.15) is 0 Å². The summed E-state index contributed by atoms with van der Waals surface area (Å²) in [6, 6.07) is 14.6. The van der Waals surface area contributed by atoms with Crippen LogP contribution in [0.3, 0.4) is 0 Å². The Morgan fingerprint density at radius 1 is 1.17 bits per heavy atom. The Bertz CT molecular complexity index is 862. The van der Waals surface area contributed by atoms with E-state index in [4.69, 9.17) is 4.74 Å². The third-order valence-corrected chi connectivity index (χ3v) is 3.93. The Kier molecular flexibility index (Phi) is 4.73. The Balaban J connectivity index is 1.68. The molecular weight excluding hydrogens is 360 g/mol. The number of rotatable bonds is 5. The van der Waals surface area contributed by atoms with E-state index in [1.807, 2.05) is 24.3 Å². The van der Waals surface area contributed by atoms with Gasteiger partial charge in [0.15, 0.2) is 0 Å². The van der Waals surface area contributed by atoms with Gasteiger partial charge in [-0.05, 0) is 30.3 Å². The van der Waals surface area contributed by atoms with E-state index in [0.29, 0.717) is 11.1 Å². The second kappa shape index (κ2) is 6.93. The minimum absolute atomic E-state index is 0.0835. The smallest absolute Gasteiger partial charge is 0.274 e. The molecule has 1 N–H and O–H groups in total. The molecule has 1 atom stereocenters. The fourth-order valence-corrected chi connectivity index (χ4v) is 2.50. The lowest BCUT2D eigenvalue weighted by Gasteiger charge is -2.13. The van der Waals surface area contributed by atoms with Crippen LogP contribution in [0.4, 0.5) is 0 Å². The van der Waals surface area contributed by atoms with E-state index < -0.39 is 6.10 Å². The molecule has 0 aliphatic carbocycles. The highest BCUT2D eigenvalue weighted by molar-refractivity contribution is 9.10. The summed E-state index contributed by atoms with van der Waals surface area (Å²) in [6.07, 6.45) is 0.795. The van der Waals surface area contributed by atoms with Gasteiger partial charge in [-0.2, -0.15) is 5.10 Å². The second-order valence-electron chi connectivity index (χ2n) is 5.14. The zero-order valence-corrected chi connectivity index (χ0v) is 13.8. The van der Waals surface area contributed by atoms with Gasteiger partial charge in [0.05, 0.1) is 18.1 Å². The van der Waals surface area contributed by atoms with Gasteiger partial charge in [0.25, 0.3) is 5.56 Å². The van der Waals surface area contributed by atoms with Gasteiger partial charge >= 0.3 is 0 Å². The van der Waals surface area contributed by atoms with E-state index in [2.05, 4.69) is 21.0 Å². The van der Waals surface area contributed by atoms with Crippen molar-refractivity contribution in [2.45, 2.75) is 12.6 Å². The lowest BCUT2D eigenvalue weighted by atomic mass is 10.2. The molecule has 1 heterocycles. The van der Waals surface area contributed by atoms with Crippen molar-refractivity contribution in [2.75, 3.05) is 6.61 Å². The highest BCUT2D eigenvalue weighted by atomic mass is 79.9. The molecule has 0 fully saturated rings. The quantitative estimate of drug-likeness (QED) is 0.745. The number of aliphatic hydroxyl groups excluding tert-OH is 1. The lowest BCUT2D eigenvalue weighted by Crippen LogP contribution is -2.31. The maximum absolute atomic E-state index is 12.3. The Labute approximate surface area is 141 Å². The number of benzene rings is 2. The molecule has 5 nitrogen and oxygen atoms in total. The van der Waals surface area contributed by atoms with Gasteiger partial charge < -0.3 is 9.84 Å². The van der Waals surface area contributed by atoms with Crippen molar-refractivity contribution >= 4 is 26.7 Å². The molecule has 6 heteroatoms. The molecule has 0 amide bonds. The molecule has 0 aliphatic heterocycles. The van der Waals surface area contributed by atoms with Crippen molar-refractivity contribution in [3.63, 3.8) is 0 Å². The number of ether oxygens (including phenoxy) is 1. The van der Waals surface area contributed by atoms with Crippen LogP contribution < -0.4 is 10.3 Å². The first-order chi connectivity index (χ1) is 11.1. The first-order valence-corrected chi connectivity index (χ1v) is 7.94. The third kappa shape index (κ3) is 3.78. The summed E-state index contributed by atoms with van der Waals surface area (Å²) >= 11 is 3.35. The van der Waals surface area contributed by atoms with Gasteiger partial charge in [-0.15, -0.1) is 0 Å². The fourth-order valence-electron chi connectivity index (χ4n) is 2.23. The average Bonchev–Trinajstić information content (AvgIpc) is 2.57. The Morgan fingerprint density at radius 3 is 2.70 bits per heavy atom. The summed E-state index contributed by atoms with van der Waals surface area (Å²) in [4.78, 5) is 12.3. The zero-order chi connectivity index (χ0) is 16.2. The third-order valence-electron chi connectivity index (χ3n) is 3.40. The van der Waals surface area contributed by atoms with Crippen LogP contribution in [0.2, 0.25) is 0 Å². The standard InChI is InChI=1S/C17H15BrN2O3/c18-13-5-7-15(8-6-13)23-11-14(21)10-20-17(22)16-4-2-1-3-12(16)9-19-20/h1-9,14,21H,10-11H2/t14-/m0/s1. The predicted molar refractivity (Wildman–Crippen MR) is 91.6 cm³/mol. The van der Waals surface area contributed by atoms with E-state index in [1.165, 1.54) is 4.68 Å². The van der Waals surface area contributed by atoms with Gasteiger partial charge in [0.1, 0.15) is 18.5 Å². The van der Waals surface area contributed by atoms with Crippen LogP contribution in [-0.4, -0.2) is 27.6 Å². The number of halogens is 1. The summed E-state index contributed by atoms with van der Waals surface area (Å²) in [6.45, 7) is 0.169. The summed E-state index contributed by atoms with van der Waals surface area (Å²) in [5.74, 6) is 0.658. The van der Waals surface area contributed by atoms with Crippen LogP contribution in [-0.2, 0) is 6.54 Å². The van der Waals surface area contributed by atoms with Gasteiger partial charge in [-0.1, -0.05) is 34.1 Å².